The summed E-state index contributed by atoms with van der Waals surface area (Å²) in [6.07, 6.45) is 1.01. The Labute approximate surface area is 108 Å². The summed E-state index contributed by atoms with van der Waals surface area (Å²) in [5, 5.41) is 3.31. The van der Waals surface area contributed by atoms with E-state index in [2.05, 4.69) is 12.2 Å². The monoisotopic (exact) mass is 257 g/mol. The normalized spacial score (nSPS) is 23.0. The number of carbonyl (C=O) groups is 2. The van der Waals surface area contributed by atoms with Gasteiger partial charge in [0, 0.05) is 12.6 Å². The first kappa shape index (κ1) is 14.9. The summed E-state index contributed by atoms with van der Waals surface area (Å²) in [6.45, 7) is 6.20. The first-order chi connectivity index (χ1) is 8.60. The summed E-state index contributed by atoms with van der Waals surface area (Å²) < 4.78 is 5.36. The molecule has 0 saturated carbocycles. The van der Waals surface area contributed by atoms with Crippen LogP contribution in [0.5, 0.6) is 0 Å². The van der Waals surface area contributed by atoms with Crippen LogP contribution in [0.2, 0.25) is 0 Å². The SMILES string of the molecule is CCCNC1COCC1C(=O)N(CC)CC(N)=O. The van der Waals surface area contributed by atoms with E-state index in [1.807, 2.05) is 6.92 Å². The minimum atomic E-state index is -0.484. The van der Waals surface area contributed by atoms with Crippen LogP contribution in [0.25, 0.3) is 0 Å². The molecule has 0 aromatic carbocycles. The van der Waals surface area contributed by atoms with Crippen molar-refractivity contribution in [3.05, 3.63) is 0 Å². The Morgan fingerprint density at radius 2 is 2.11 bits per heavy atom. The number of nitrogens with one attached hydrogen (secondary N) is 1. The molecule has 1 saturated heterocycles. The van der Waals surface area contributed by atoms with Gasteiger partial charge in [0.1, 0.15) is 0 Å². The van der Waals surface area contributed by atoms with Crippen molar-refractivity contribution < 1.29 is 14.3 Å². The van der Waals surface area contributed by atoms with Crippen molar-refractivity contribution >= 4 is 11.8 Å². The molecule has 0 aromatic heterocycles. The molecule has 1 aliphatic heterocycles. The van der Waals surface area contributed by atoms with Crippen LogP contribution >= 0.6 is 0 Å². The van der Waals surface area contributed by atoms with Gasteiger partial charge in [0.25, 0.3) is 0 Å². The molecule has 104 valence electrons. The van der Waals surface area contributed by atoms with Gasteiger partial charge in [0.05, 0.1) is 25.7 Å². The molecular formula is C12H23N3O3. The zero-order valence-electron chi connectivity index (χ0n) is 11.1. The highest BCUT2D eigenvalue weighted by Crippen LogP contribution is 2.16. The van der Waals surface area contributed by atoms with Gasteiger partial charge in [-0.1, -0.05) is 6.92 Å². The first-order valence-electron chi connectivity index (χ1n) is 6.48. The van der Waals surface area contributed by atoms with Crippen LogP contribution in [0.3, 0.4) is 0 Å². The summed E-state index contributed by atoms with van der Waals surface area (Å²) in [5.74, 6) is -0.750. The standard InChI is InChI=1S/C12H23N3O3/c1-3-5-14-10-8-18-7-9(10)12(17)15(4-2)6-11(13)16/h9-10,14H,3-8H2,1-2H3,(H2,13,16). The third-order valence-electron chi connectivity index (χ3n) is 3.09. The molecule has 1 rings (SSSR count). The minimum Gasteiger partial charge on any atom is -0.379 e. The number of ether oxygens (including phenoxy) is 1. The summed E-state index contributed by atoms with van der Waals surface area (Å²) in [5.41, 5.74) is 5.14. The Hall–Kier alpha value is -1.14. The second-order valence-electron chi connectivity index (χ2n) is 4.52. The van der Waals surface area contributed by atoms with Crippen molar-refractivity contribution in [1.29, 1.82) is 0 Å². The topological polar surface area (TPSA) is 84.7 Å². The van der Waals surface area contributed by atoms with Crippen molar-refractivity contribution in [3.8, 4) is 0 Å². The van der Waals surface area contributed by atoms with Gasteiger partial charge in [-0.3, -0.25) is 9.59 Å². The van der Waals surface area contributed by atoms with E-state index < -0.39 is 5.91 Å². The third-order valence-corrected chi connectivity index (χ3v) is 3.09. The highest BCUT2D eigenvalue weighted by Gasteiger charge is 2.36. The maximum Gasteiger partial charge on any atom is 0.237 e. The Morgan fingerprint density at radius 1 is 1.39 bits per heavy atom. The molecule has 0 aliphatic carbocycles. The van der Waals surface area contributed by atoms with Gasteiger partial charge in [-0.25, -0.2) is 0 Å². The number of nitrogens with zero attached hydrogens (tertiary/aromatic N) is 1. The Kier molecular flexibility index (Phi) is 6.07. The van der Waals surface area contributed by atoms with Gasteiger partial charge in [0.15, 0.2) is 0 Å². The molecule has 18 heavy (non-hydrogen) atoms. The molecule has 0 aromatic rings. The fourth-order valence-corrected chi connectivity index (χ4v) is 2.10. The van der Waals surface area contributed by atoms with Gasteiger partial charge < -0.3 is 20.7 Å². The van der Waals surface area contributed by atoms with E-state index in [9.17, 15) is 9.59 Å². The molecule has 1 aliphatic rings. The lowest BCUT2D eigenvalue weighted by Crippen LogP contribution is -2.48. The van der Waals surface area contributed by atoms with E-state index in [4.69, 9.17) is 10.5 Å². The molecule has 1 fully saturated rings. The van der Waals surface area contributed by atoms with E-state index >= 15 is 0 Å². The first-order valence-corrected chi connectivity index (χ1v) is 6.48. The van der Waals surface area contributed by atoms with Crippen LogP contribution in [-0.2, 0) is 14.3 Å². The number of rotatable bonds is 7. The molecule has 0 radical (unpaired) electrons. The van der Waals surface area contributed by atoms with Crippen molar-refractivity contribution in [2.24, 2.45) is 11.7 Å². The van der Waals surface area contributed by atoms with Gasteiger partial charge in [0.2, 0.25) is 11.8 Å². The molecule has 6 nitrogen and oxygen atoms in total. The Morgan fingerprint density at radius 3 is 2.67 bits per heavy atom. The average Bonchev–Trinajstić information content (AvgIpc) is 2.80. The summed E-state index contributed by atoms with van der Waals surface area (Å²) in [6, 6.07) is 0.0411. The molecular weight excluding hydrogens is 234 g/mol. The fourth-order valence-electron chi connectivity index (χ4n) is 2.10. The van der Waals surface area contributed by atoms with Crippen LogP contribution < -0.4 is 11.1 Å². The third kappa shape index (κ3) is 3.96. The lowest BCUT2D eigenvalue weighted by atomic mass is 10.0. The summed E-state index contributed by atoms with van der Waals surface area (Å²) >= 11 is 0. The van der Waals surface area contributed by atoms with Crippen LogP contribution in [0.15, 0.2) is 0 Å². The minimum absolute atomic E-state index is 0.0215. The van der Waals surface area contributed by atoms with Crippen molar-refractivity contribution in [1.82, 2.24) is 10.2 Å². The summed E-state index contributed by atoms with van der Waals surface area (Å²) in [7, 11) is 0. The number of amides is 2. The maximum atomic E-state index is 12.3. The van der Waals surface area contributed by atoms with Gasteiger partial charge in [-0.15, -0.1) is 0 Å². The van der Waals surface area contributed by atoms with Crippen molar-refractivity contribution in [2.75, 3.05) is 32.8 Å². The molecule has 2 amide bonds. The highest BCUT2D eigenvalue weighted by atomic mass is 16.5. The van der Waals surface area contributed by atoms with Crippen molar-refractivity contribution in [3.63, 3.8) is 0 Å². The Balaban J connectivity index is 2.59. The zero-order chi connectivity index (χ0) is 13.5. The van der Waals surface area contributed by atoms with E-state index in [1.54, 1.807) is 0 Å². The molecule has 1 heterocycles. The van der Waals surface area contributed by atoms with Gasteiger partial charge >= 0.3 is 0 Å². The number of hydrogen-bond acceptors (Lipinski definition) is 4. The Bertz CT molecular complexity index is 296. The average molecular weight is 257 g/mol. The number of primary amides is 1. The van der Waals surface area contributed by atoms with Gasteiger partial charge in [-0.05, 0) is 19.9 Å². The largest absolute Gasteiger partial charge is 0.379 e. The molecule has 0 spiro atoms. The predicted octanol–water partition coefficient (Wildman–Crippen LogP) is -0.665. The zero-order valence-corrected chi connectivity index (χ0v) is 11.1. The molecule has 6 heteroatoms. The molecule has 2 atom stereocenters. The van der Waals surface area contributed by atoms with E-state index in [0.717, 1.165) is 13.0 Å². The highest BCUT2D eigenvalue weighted by molar-refractivity contribution is 5.85. The van der Waals surface area contributed by atoms with Gasteiger partial charge in [-0.2, -0.15) is 0 Å². The lowest BCUT2D eigenvalue weighted by Gasteiger charge is -2.25. The van der Waals surface area contributed by atoms with Crippen LogP contribution in [0, 0.1) is 5.92 Å². The quantitative estimate of drug-likeness (QED) is 0.634. The smallest absolute Gasteiger partial charge is 0.237 e. The predicted molar refractivity (Wildman–Crippen MR) is 67.8 cm³/mol. The van der Waals surface area contributed by atoms with Crippen LogP contribution in [0.4, 0.5) is 0 Å². The van der Waals surface area contributed by atoms with Crippen LogP contribution in [0.1, 0.15) is 20.3 Å². The van der Waals surface area contributed by atoms with E-state index in [1.165, 1.54) is 4.90 Å². The summed E-state index contributed by atoms with van der Waals surface area (Å²) in [4.78, 5) is 24.7. The van der Waals surface area contributed by atoms with E-state index in [0.29, 0.717) is 19.8 Å². The maximum absolute atomic E-state index is 12.3. The second kappa shape index (κ2) is 7.33. The fraction of sp³-hybridized carbons (Fsp3) is 0.833. The van der Waals surface area contributed by atoms with E-state index in [-0.39, 0.29) is 24.4 Å². The number of nitrogens with two attached hydrogens (primary N) is 1. The number of likely N-dealkylation sites (N-methyl/N-ethyl adjacent to an activating group) is 1. The van der Waals surface area contributed by atoms with Crippen LogP contribution in [-0.4, -0.2) is 55.6 Å². The molecule has 3 N–H and O–H groups in total. The number of hydrogen-bond donors (Lipinski definition) is 2. The van der Waals surface area contributed by atoms with Crippen molar-refractivity contribution in [2.45, 2.75) is 26.3 Å². The number of carbonyl (C=O) groups excluding carboxylic acids is 2. The lowest BCUT2D eigenvalue weighted by molar-refractivity contribution is -0.139. The second-order valence-corrected chi connectivity index (χ2v) is 4.52. The molecule has 0 bridgehead atoms. The molecule has 2 unspecified atom stereocenters.